The number of amides is 1. The molecule has 6 heteroatoms. The first-order valence-corrected chi connectivity index (χ1v) is 6.30. The van der Waals surface area contributed by atoms with Gasteiger partial charge in [-0.25, -0.2) is 9.59 Å². The molecular weight excluding hydrogens is 262 g/mol. The molecule has 1 aliphatic heterocycles. The van der Waals surface area contributed by atoms with Gasteiger partial charge in [-0.15, -0.1) is 0 Å². The summed E-state index contributed by atoms with van der Waals surface area (Å²) in [6.45, 7) is 0.000739. The lowest BCUT2D eigenvalue weighted by molar-refractivity contribution is -0.139. The lowest BCUT2D eigenvalue weighted by Gasteiger charge is -2.18. The van der Waals surface area contributed by atoms with Crippen LogP contribution in [0.5, 0.6) is 0 Å². The Hall–Kier alpha value is -2.37. The molecule has 1 atom stereocenters. The zero-order chi connectivity index (χ0) is 14.4. The first-order valence-electron chi connectivity index (χ1n) is 6.30. The van der Waals surface area contributed by atoms with Crippen LogP contribution in [-0.4, -0.2) is 36.0 Å². The van der Waals surface area contributed by atoms with Crippen LogP contribution >= 0.6 is 0 Å². The van der Waals surface area contributed by atoms with Gasteiger partial charge in [0, 0.05) is 6.42 Å². The van der Waals surface area contributed by atoms with Crippen molar-refractivity contribution in [3.8, 4) is 0 Å². The molecule has 6 nitrogen and oxygen atoms in total. The second-order valence-corrected chi connectivity index (χ2v) is 4.36. The van der Waals surface area contributed by atoms with E-state index in [4.69, 9.17) is 9.47 Å². The maximum atomic E-state index is 11.9. The lowest BCUT2D eigenvalue weighted by atomic mass is 10.1. The predicted octanol–water partition coefficient (Wildman–Crippen LogP) is 1.49. The van der Waals surface area contributed by atoms with Crippen molar-refractivity contribution >= 4 is 18.3 Å². The van der Waals surface area contributed by atoms with Crippen LogP contribution in [0.4, 0.5) is 4.79 Å². The zero-order valence-electron chi connectivity index (χ0n) is 10.9. The highest BCUT2D eigenvalue weighted by atomic mass is 16.6. The lowest BCUT2D eigenvalue weighted by Crippen LogP contribution is -2.38. The van der Waals surface area contributed by atoms with Crippen molar-refractivity contribution < 1.29 is 23.9 Å². The molecule has 1 aliphatic rings. The third-order valence-electron chi connectivity index (χ3n) is 2.99. The number of hydrogen-bond donors (Lipinski definition) is 0. The van der Waals surface area contributed by atoms with Crippen molar-refractivity contribution in [2.24, 2.45) is 0 Å². The van der Waals surface area contributed by atoms with Crippen molar-refractivity contribution in [2.75, 3.05) is 6.73 Å². The average Bonchev–Trinajstić information content (AvgIpc) is 2.85. The number of ether oxygens (including phenoxy) is 2. The Morgan fingerprint density at radius 1 is 1.40 bits per heavy atom. The van der Waals surface area contributed by atoms with Crippen LogP contribution in [0.25, 0.3) is 0 Å². The molecule has 0 unspecified atom stereocenters. The third-order valence-corrected chi connectivity index (χ3v) is 2.99. The average molecular weight is 277 g/mol. The smallest absolute Gasteiger partial charge is 0.413 e. The van der Waals surface area contributed by atoms with Crippen LogP contribution in [0.2, 0.25) is 0 Å². The molecule has 1 saturated heterocycles. The summed E-state index contributed by atoms with van der Waals surface area (Å²) in [5, 5.41) is 0. The number of cyclic esters (lactones) is 1. The van der Waals surface area contributed by atoms with Crippen LogP contribution in [0, 0.1) is 0 Å². The van der Waals surface area contributed by atoms with E-state index in [1.807, 2.05) is 30.3 Å². The van der Waals surface area contributed by atoms with Gasteiger partial charge in [-0.1, -0.05) is 30.3 Å². The second-order valence-electron chi connectivity index (χ2n) is 4.36. The molecule has 1 amide bonds. The van der Waals surface area contributed by atoms with Crippen molar-refractivity contribution in [3.63, 3.8) is 0 Å². The van der Waals surface area contributed by atoms with Gasteiger partial charge in [0.25, 0.3) is 0 Å². The first-order chi connectivity index (χ1) is 9.72. The Bertz CT molecular complexity index is 488. The van der Waals surface area contributed by atoms with E-state index < -0.39 is 18.1 Å². The van der Waals surface area contributed by atoms with E-state index in [1.165, 1.54) is 4.90 Å². The van der Waals surface area contributed by atoms with Gasteiger partial charge in [-0.2, -0.15) is 0 Å². The number of carbonyl (C=O) groups excluding carboxylic acids is 3. The molecule has 0 aliphatic carbocycles. The SMILES string of the molecule is O=CCC[C@@H]1C(=O)OCN1C(=O)OCc1ccccc1. The molecule has 106 valence electrons. The summed E-state index contributed by atoms with van der Waals surface area (Å²) in [5.74, 6) is -0.497. The largest absolute Gasteiger partial charge is 0.444 e. The quantitative estimate of drug-likeness (QED) is 0.602. The molecule has 0 aromatic heterocycles. The minimum Gasteiger partial charge on any atom is -0.444 e. The number of nitrogens with zero attached hydrogens (tertiary/aromatic N) is 1. The number of hydrogen-bond acceptors (Lipinski definition) is 5. The fourth-order valence-corrected chi connectivity index (χ4v) is 1.93. The minimum atomic E-state index is -0.733. The first kappa shape index (κ1) is 14.0. The highest BCUT2D eigenvalue weighted by Crippen LogP contribution is 2.17. The summed E-state index contributed by atoms with van der Waals surface area (Å²) < 4.78 is 9.96. The third kappa shape index (κ3) is 3.34. The van der Waals surface area contributed by atoms with E-state index in [0.29, 0.717) is 6.29 Å². The normalized spacial score (nSPS) is 17.7. The summed E-state index contributed by atoms with van der Waals surface area (Å²) in [4.78, 5) is 35.0. The molecule has 0 radical (unpaired) electrons. The van der Waals surface area contributed by atoms with Gasteiger partial charge in [0.05, 0.1) is 0 Å². The van der Waals surface area contributed by atoms with Crippen LogP contribution < -0.4 is 0 Å². The van der Waals surface area contributed by atoms with Crippen LogP contribution in [-0.2, 0) is 25.7 Å². The van der Waals surface area contributed by atoms with Gasteiger partial charge in [-0.3, -0.25) is 4.90 Å². The molecule has 0 bridgehead atoms. The van der Waals surface area contributed by atoms with E-state index >= 15 is 0 Å². The number of esters is 1. The maximum absolute atomic E-state index is 11.9. The van der Waals surface area contributed by atoms with E-state index in [-0.39, 0.29) is 26.2 Å². The van der Waals surface area contributed by atoms with Crippen molar-refractivity contribution in [3.05, 3.63) is 35.9 Å². The van der Waals surface area contributed by atoms with Crippen LogP contribution in [0.3, 0.4) is 0 Å². The molecule has 0 saturated carbocycles. The molecule has 20 heavy (non-hydrogen) atoms. The van der Waals surface area contributed by atoms with Crippen molar-refractivity contribution in [1.82, 2.24) is 4.90 Å². The molecule has 1 aromatic carbocycles. The van der Waals surface area contributed by atoms with Gasteiger partial charge in [0.15, 0.2) is 6.73 Å². The number of aldehydes is 1. The van der Waals surface area contributed by atoms with E-state index in [9.17, 15) is 14.4 Å². The number of benzene rings is 1. The summed E-state index contributed by atoms with van der Waals surface area (Å²) in [6.07, 6.45) is 0.542. The Labute approximate surface area is 116 Å². The molecular formula is C14H15NO5. The topological polar surface area (TPSA) is 72.9 Å². The Balaban J connectivity index is 1.90. The number of carbonyl (C=O) groups is 3. The standard InChI is InChI=1S/C14H15NO5/c16-8-4-7-12-13(17)20-10-15(12)14(18)19-9-11-5-2-1-3-6-11/h1-3,5-6,8,12H,4,7,9-10H2/t12-/m1/s1. The van der Waals surface area contributed by atoms with E-state index in [1.54, 1.807) is 0 Å². The highest BCUT2D eigenvalue weighted by molar-refractivity contribution is 5.84. The van der Waals surface area contributed by atoms with Gasteiger partial charge in [0.2, 0.25) is 0 Å². The van der Waals surface area contributed by atoms with Crippen LogP contribution in [0.1, 0.15) is 18.4 Å². The maximum Gasteiger partial charge on any atom is 0.413 e. The van der Waals surface area contributed by atoms with Crippen LogP contribution in [0.15, 0.2) is 30.3 Å². The molecule has 1 fully saturated rings. The summed E-state index contributed by atoms with van der Waals surface area (Å²) in [7, 11) is 0. The van der Waals surface area contributed by atoms with Gasteiger partial charge in [-0.05, 0) is 12.0 Å². The fourth-order valence-electron chi connectivity index (χ4n) is 1.93. The molecule has 1 aromatic rings. The molecule has 0 spiro atoms. The predicted molar refractivity (Wildman–Crippen MR) is 68.5 cm³/mol. The zero-order valence-corrected chi connectivity index (χ0v) is 10.9. The Morgan fingerprint density at radius 2 is 2.15 bits per heavy atom. The minimum absolute atomic E-state index is 0.129. The fraction of sp³-hybridized carbons (Fsp3) is 0.357. The highest BCUT2D eigenvalue weighted by Gasteiger charge is 2.38. The summed E-state index contributed by atoms with van der Waals surface area (Å²) >= 11 is 0. The molecule has 2 rings (SSSR count). The van der Waals surface area contributed by atoms with Gasteiger partial charge in [0.1, 0.15) is 18.9 Å². The Kier molecular flexibility index (Phi) is 4.70. The molecule has 1 heterocycles. The summed E-state index contributed by atoms with van der Waals surface area (Å²) in [5.41, 5.74) is 0.858. The van der Waals surface area contributed by atoms with E-state index in [0.717, 1.165) is 5.56 Å². The van der Waals surface area contributed by atoms with Gasteiger partial charge >= 0.3 is 12.1 Å². The number of rotatable bonds is 5. The summed E-state index contributed by atoms with van der Waals surface area (Å²) in [6, 6.07) is 8.50. The Morgan fingerprint density at radius 3 is 2.85 bits per heavy atom. The molecule has 0 N–H and O–H groups in total. The van der Waals surface area contributed by atoms with Crippen molar-refractivity contribution in [2.45, 2.75) is 25.5 Å². The second kappa shape index (κ2) is 6.70. The monoisotopic (exact) mass is 277 g/mol. The van der Waals surface area contributed by atoms with Gasteiger partial charge < -0.3 is 14.3 Å². The van der Waals surface area contributed by atoms with E-state index in [2.05, 4.69) is 0 Å². The van der Waals surface area contributed by atoms with Crippen molar-refractivity contribution in [1.29, 1.82) is 0 Å².